The van der Waals surface area contributed by atoms with Gasteiger partial charge >= 0.3 is 0 Å². The maximum atomic E-state index is 13.6. The second-order valence-electron chi connectivity index (χ2n) is 4.84. The van der Waals surface area contributed by atoms with E-state index in [-0.39, 0.29) is 18.9 Å². The molecule has 1 aliphatic heterocycles. The van der Waals surface area contributed by atoms with Gasteiger partial charge in [0.05, 0.1) is 6.04 Å². The van der Waals surface area contributed by atoms with Gasteiger partial charge in [0.15, 0.2) is 0 Å². The van der Waals surface area contributed by atoms with Crippen molar-refractivity contribution in [2.45, 2.75) is 32.0 Å². The second-order valence-corrected chi connectivity index (χ2v) is 5.65. The summed E-state index contributed by atoms with van der Waals surface area (Å²) in [6.45, 7) is 3.56. The summed E-state index contributed by atoms with van der Waals surface area (Å²) in [5, 5.41) is 5.60. The lowest BCUT2D eigenvalue weighted by Crippen LogP contribution is -2.35. The van der Waals surface area contributed by atoms with Crippen molar-refractivity contribution in [1.82, 2.24) is 10.3 Å². The van der Waals surface area contributed by atoms with Crippen molar-refractivity contribution < 1.29 is 9.18 Å². The molecule has 2 heterocycles. The molecule has 1 aromatic rings. The number of pyridine rings is 1. The van der Waals surface area contributed by atoms with Crippen LogP contribution in [0.25, 0.3) is 0 Å². The first-order chi connectivity index (χ1) is 8.37. The van der Waals surface area contributed by atoms with E-state index in [9.17, 15) is 9.18 Å². The highest BCUT2D eigenvalue weighted by Crippen LogP contribution is 2.24. The second kappa shape index (κ2) is 4.93. The fourth-order valence-corrected chi connectivity index (χ4v) is 2.24. The number of halogens is 2. The fraction of sp³-hybridized carbons (Fsp3) is 0.500. The Morgan fingerprint density at radius 3 is 3.00 bits per heavy atom. The van der Waals surface area contributed by atoms with Gasteiger partial charge in [-0.1, -0.05) is 6.07 Å². The summed E-state index contributed by atoms with van der Waals surface area (Å²) in [4.78, 5) is 16.2. The van der Waals surface area contributed by atoms with Crippen LogP contribution < -0.4 is 10.6 Å². The average Bonchev–Trinajstić information content (AvgIpc) is 2.64. The molecular formula is C12H15BrFN3O. The van der Waals surface area contributed by atoms with Gasteiger partial charge < -0.3 is 10.6 Å². The van der Waals surface area contributed by atoms with E-state index >= 15 is 0 Å². The molecule has 0 spiro atoms. The van der Waals surface area contributed by atoms with Crippen LogP contribution >= 0.6 is 15.9 Å². The molecule has 0 radical (unpaired) electrons. The number of nitrogens with zero attached hydrogens (tertiary/aromatic N) is 1. The van der Waals surface area contributed by atoms with Gasteiger partial charge in [0.1, 0.15) is 16.1 Å². The maximum Gasteiger partial charge on any atom is 0.242 e. The summed E-state index contributed by atoms with van der Waals surface area (Å²) in [5.41, 5.74) is -0.450. The number of carbonyl (C=O) groups excluding carboxylic acids is 1. The number of anilines is 1. The van der Waals surface area contributed by atoms with Gasteiger partial charge in [-0.15, -0.1) is 0 Å². The predicted octanol–water partition coefficient (Wildman–Crippen LogP) is 2.18. The smallest absolute Gasteiger partial charge is 0.242 e. The normalized spacial score (nSPS) is 27.2. The van der Waals surface area contributed by atoms with E-state index in [1.165, 1.54) is 6.92 Å². The van der Waals surface area contributed by atoms with E-state index in [1.807, 2.05) is 13.0 Å². The lowest BCUT2D eigenvalue weighted by Gasteiger charge is -2.13. The molecular weight excluding hydrogens is 301 g/mol. The van der Waals surface area contributed by atoms with E-state index < -0.39 is 11.7 Å². The van der Waals surface area contributed by atoms with Crippen molar-refractivity contribution in [2.75, 3.05) is 11.9 Å². The summed E-state index contributed by atoms with van der Waals surface area (Å²) >= 11 is 3.25. The summed E-state index contributed by atoms with van der Waals surface area (Å²) in [6.07, 6.45) is 0.186. The van der Waals surface area contributed by atoms with Gasteiger partial charge in [-0.2, -0.15) is 0 Å². The molecule has 2 atom stereocenters. The molecule has 18 heavy (non-hydrogen) atoms. The van der Waals surface area contributed by atoms with Crippen LogP contribution in [0.5, 0.6) is 0 Å². The van der Waals surface area contributed by atoms with E-state index in [1.54, 1.807) is 6.07 Å². The zero-order valence-corrected chi connectivity index (χ0v) is 11.8. The zero-order chi connectivity index (χ0) is 13.3. The van der Waals surface area contributed by atoms with E-state index in [0.717, 1.165) is 5.56 Å². The highest BCUT2D eigenvalue weighted by atomic mass is 79.9. The zero-order valence-electron chi connectivity index (χ0n) is 10.3. The molecule has 0 aromatic carbocycles. The van der Waals surface area contributed by atoms with Gasteiger partial charge in [0.2, 0.25) is 5.91 Å². The number of alkyl halides is 1. The Bertz CT molecular complexity index is 478. The van der Waals surface area contributed by atoms with E-state index in [2.05, 4.69) is 31.5 Å². The predicted molar refractivity (Wildman–Crippen MR) is 71.2 cm³/mol. The summed E-state index contributed by atoms with van der Waals surface area (Å²) in [6, 6.07) is 3.16. The molecule has 0 saturated carbocycles. The summed E-state index contributed by atoms with van der Waals surface area (Å²) in [7, 11) is 0. The number of aromatic nitrogens is 1. The highest BCUT2D eigenvalue weighted by Gasteiger charge is 2.38. The Hall–Kier alpha value is -1.01. The minimum absolute atomic E-state index is 0.186. The Morgan fingerprint density at radius 2 is 2.39 bits per heavy atom. The lowest BCUT2D eigenvalue weighted by atomic mass is 10.0. The van der Waals surface area contributed by atoms with Gasteiger partial charge in [0.25, 0.3) is 0 Å². The monoisotopic (exact) mass is 315 g/mol. The number of aryl methyl sites for hydroxylation is 1. The Kier molecular flexibility index (Phi) is 3.68. The van der Waals surface area contributed by atoms with Gasteiger partial charge in [0, 0.05) is 13.0 Å². The molecule has 98 valence electrons. The molecule has 0 aliphatic carbocycles. The molecule has 1 fully saturated rings. The van der Waals surface area contributed by atoms with Crippen molar-refractivity contribution in [3.63, 3.8) is 0 Å². The minimum Gasteiger partial charge on any atom is -0.309 e. The van der Waals surface area contributed by atoms with Crippen LogP contribution in [-0.4, -0.2) is 29.1 Å². The SMILES string of the molecule is Cc1ccc(Br)nc1NC(=O)[C@@H]1C[C@@](C)(F)CN1. The third kappa shape index (κ3) is 3.05. The van der Waals surface area contributed by atoms with Crippen molar-refractivity contribution >= 4 is 27.7 Å². The van der Waals surface area contributed by atoms with Crippen molar-refractivity contribution in [2.24, 2.45) is 0 Å². The molecule has 0 unspecified atom stereocenters. The molecule has 0 bridgehead atoms. The van der Waals surface area contributed by atoms with Gasteiger partial charge in [-0.3, -0.25) is 4.79 Å². The third-order valence-corrected chi connectivity index (χ3v) is 3.41. The number of hydrogen-bond donors (Lipinski definition) is 2. The van der Waals surface area contributed by atoms with E-state index in [4.69, 9.17) is 0 Å². The number of carbonyl (C=O) groups is 1. The van der Waals surface area contributed by atoms with Crippen LogP contribution in [0.1, 0.15) is 18.9 Å². The standard InChI is InChI=1S/C12H15BrFN3O/c1-7-3-4-9(13)16-10(7)17-11(18)8-5-12(2,14)6-15-8/h3-4,8,15H,5-6H2,1-2H3,(H,16,17,18)/t8-,12+/m0/s1. The van der Waals surface area contributed by atoms with Gasteiger partial charge in [-0.25, -0.2) is 9.37 Å². The maximum absolute atomic E-state index is 13.6. The molecule has 1 saturated heterocycles. The molecule has 1 aliphatic rings. The summed E-state index contributed by atoms with van der Waals surface area (Å²) in [5.74, 6) is 0.258. The van der Waals surface area contributed by atoms with Crippen LogP contribution in [0.3, 0.4) is 0 Å². The van der Waals surface area contributed by atoms with Crippen molar-refractivity contribution in [3.8, 4) is 0 Å². The van der Waals surface area contributed by atoms with Crippen LogP contribution in [-0.2, 0) is 4.79 Å². The first-order valence-corrected chi connectivity index (χ1v) is 6.53. The number of amides is 1. The summed E-state index contributed by atoms with van der Waals surface area (Å²) < 4.78 is 14.3. The van der Waals surface area contributed by atoms with Crippen LogP contribution in [0.15, 0.2) is 16.7 Å². The highest BCUT2D eigenvalue weighted by molar-refractivity contribution is 9.10. The minimum atomic E-state index is -1.32. The molecule has 1 aromatic heterocycles. The Labute approximate surface area is 113 Å². The molecule has 4 nitrogen and oxygen atoms in total. The van der Waals surface area contributed by atoms with Crippen molar-refractivity contribution in [3.05, 3.63) is 22.3 Å². The van der Waals surface area contributed by atoms with Crippen molar-refractivity contribution in [1.29, 1.82) is 0 Å². The van der Waals surface area contributed by atoms with Gasteiger partial charge in [-0.05, 0) is 41.4 Å². The fourth-order valence-electron chi connectivity index (χ4n) is 1.93. The first kappa shape index (κ1) is 13.4. The topological polar surface area (TPSA) is 54.0 Å². The molecule has 2 rings (SSSR count). The molecule has 2 N–H and O–H groups in total. The number of hydrogen-bond acceptors (Lipinski definition) is 3. The quantitative estimate of drug-likeness (QED) is 0.822. The number of nitrogens with one attached hydrogen (secondary N) is 2. The molecule has 6 heteroatoms. The van der Waals surface area contributed by atoms with Crippen LogP contribution in [0.4, 0.5) is 10.2 Å². The van der Waals surface area contributed by atoms with E-state index in [0.29, 0.717) is 10.4 Å². The third-order valence-electron chi connectivity index (χ3n) is 2.97. The molecule has 1 amide bonds. The largest absolute Gasteiger partial charge is 0.309 e. The first-order valence-electron chi connectivity index (χ1n) is 5.74. The van der Waals surface area contributed by atoms with Crippen LogP contribution in [0, 0.1) is 6.92 Å². The van der Waals surface area contributed by atoms with Crippen LogP contribution in [0.2, 0.25) is 0 Å². The Balaban J connectivity index is 2.06. The number of rotatable bonds is 2. The Morgan fingerprint density at radius 1 is 1.67 bits per heavy atom. The lowest BCUT2D eigenvalue weighted by molar-refractivity contribution is -0.118. The average molecular weight is 316 g/mol.